The van der Waals surface area contributed by atoms with E-state index in [1.165, 1.54) is 12.1 Å². The third-order valence-electron chi connectivity index (χ3n) is 3.20. The molecule has 0 radical (unpaired) electrons. The van der Waals surface area contributed by atoms with Crippen molar-refractivity contribution in [2.45, 2.75) is 17.9 Å². The normalized spacial score (nSPS) is 16.9. The Balaban J connectivity index is 1.79. The lowest BCUT2D eigenvalue weighted by molar-refractivity contribution is 0.0795. The van der Waals surface area contributed by atoms with Gasteiger partial charge in [-0.15, -0.1) is 0 Å². The number of alkyl halides is 2. The maximum atomic E-state index is 12.1. The first kappa shape index (κ1) is 16.3. The first-order valence-corrected chi connectivity index (χ1v) is 8.47. The molecule has 0 saturated carbocycles. The lowest BCUT2D eigenvalue weighted by Gasteiger charge is -2.05. The van der Waals surface area contributed by atoms with E-state index in [2.05, 4.69) is 14.7 Å². The van der Waals surface area contributed by atoms with Gasteiger partial charge in [-0.05, 0) is 18.2 Å². The van der Waals surface area contributed by atoms with Gasteiger partial charge in [-0.1, -0.05) is 18.2 Å². The van der Waals surface area contributed by atoms with E-state index >= 15 is 0 Å². The molecule has 1 N–H and O–H groups in total. The van der Waals surface area contributed by atoms with Crippen molar-refractivity contribution in [1.82, 2.24) is 9.71 Å². The van der Waals surface area contributed by atoms with Crippen LogP contribution in [0.3, 0.4) is 0 Å². The molecule has 0 fully saturated rings. The fourth-order valence-electron chi connectivity index (χ4n) is 2.19. The number of nitrogens with zero attached hydrogens (tertiary/aromatic N) is 2. The summed E-state index contributed by atoms with van der Waals surface area (Å²) in [7, 11) is -3.59. The molecule has 6 nitrogen and oxygen atoms in total. The second-order valence-corrected chi connectivity index (χ2v) is 6.59. The van der Waals surface area contributed by atoms with Crippen molar-refractivity contribution in [1.29, 1.82) is 0 Å². The minimum atomic E-state index is -3.59. The zero-order valence-corrected chi connectivity index (χ0v) is 13.1. The second kappa shape index (κ2) is 6.52. The minimum Gasteiger partial charge on any atom is -0.472 e. The van der Waals surface area contributed by atoms with Gasteiger partial charge in [0.05, 0.1) is 17.1 Å². The maximum absolute atomic E-state index is 12.1. The zero-order valence-electron chi connectivity index (χ0n) is 12.3. The molecule has 0 atom stereocenters. The van der Waals surface area contributed by atoms with Crippen molar-refractivity contribution in [3.05, 3.63) is 53.7 Å². The summed E-state index contributed by atoms with van der Waals surface area (Å²) >= 11 is 0. The molecule has 0 bridgehead atoms. The van der Waals surface area contributed by atoms with Gasteiger partial charge in [0.15, 0.2) is 6.61 Å². The van der Waals surface area contributed by atoms with Gasteiger partial charge in [0, 0.05) is 11.6 Å². The highest BCUT2D eigenvalue weighted by Crippen LogP contribution is 2.22. The molecule has 1 aromatic heterocycles. The number of sulfonamides is 1. The van der Waals surface area contributed by atoms with E-state index in [9.17, 15) is 17.2 Å². The summed E-state index contributed by atoms with van der Waals surface area (Å²) in [5.74, 6) is 0.298. The van der Waals surface area contributed by atoms with Crippen LogP contribution in [0, 0.1) is 0 Å². The van der Waals surface area contributed by atoms with Crippen LogP contribution in [-0.2, 0) is 16.6 Å². The lowest BCUT2D eigenvalue weighted by Crippen LogP contribution is -2.22. The van der Waals surface area contributed by atoms with Crippen LogP contribution < -0.4 is 9.46 Å². The van der Waals surface area contributed by atoms with Crippen LogP contribution in [0.15, 0.2) is 52.4 Å². The molecule has 9 heteroatoms. The minimum absolute atomic E-state index is 0.0698. The molecule has 0 amide bonds. The number of pyridine rings is 1. The topological polar surface area (TPSA) is 80.7 Å². The van der Waals surface area contributed by atoms with Gasteiger partial charge in [-0.25, -0.2) is 22.2 Å². The fraction of sp³-hybridized carbons (Fsp3) is 0.200. The standard InChI is InChI=1S/C15H13F2N3O3S/c16-13(17)9-23-14-7-3-4-10(19-14)8-18-15-11-5-1-2-6-12(11)24(21,22)20-15/h1-7,13H,8-9H2,(H,18,20). The van der Waals surface area contributed by atoms with Crippen LogP contribution in [0.5, 0.6) is 5.88 Å². The monoisotopic (exact) mass is 353 g/mol. The number of hydrogen-bond donors (Lipinski definition) is 1. The molecule has 2 aromatic rings. The highest BCUT2D eigenvalue weighted by Gasteiger charge is 2.29. The summed E-state index contributed by atoms with van der Waals surface area (Å²) in [6, 6.07) is 11.2. The average Bonchev–Trinajstić information content (AvgIpc) is 2.83. The largest absolute Gasteiger partial charge is 0.472 e. The Morgan fingerprint density at radius 2 is 1.96 bits per heavy atom. The predicted octanol–water partition coefficient (Wildman–Crippen LogP) is 1.96. The van der Waals surface area contributed by atoms with E-state index in [0.29, 0.717) is 11.3 Å². The molecule has 24 heavy (non-hydrogen) atoms. The van der Waals surface area contributed by atoms with Crippen LogP contribution in [0.25, 0.3) is 0 Å². The molecule has 0 aliphatic carbocycles. The number of amidine groups is 1. The summed E-state index contributed by atoms with van der Waals surface area (Å²) in [6.45, 7) is -0.657. The van der Waals surface area contributed by atoms with Crippen molar-refractivity contribution in [2.24, 2.45) is 4.99 Å². The van der Waals surface area contributed by atoms with Crippen LogP contribution in [0.4, 0.5) is 8.78 Å². The molecule has 0 unspecified atom stereocenters. The van der Waals surface area contributed by atoms with E-state index in [1.807, 2.05) is 0 Å². The zero-order chi connectivity index (χ0) is 17.2. The number of rotatable bonds is 5. The highest BCUT2D eigenvalue weighted by atomic mass is 32.2. The average molecular weight is 353 g/mol. The number of nitrogens with one attached hydrogen (secondary N) is 1. The van der Waals surface area contributed by atoms with E-state index < -0.39 is 23.1 Å². The number of fused-ring (bicyclic) bond motifs is 1. The third-order valence-corrected chi connectivity index (χ3v) is 4.60. The summed E-state index contributed by atoms with van der Waals surface area (Å²) in [5.41, 5.74) is 0.959. The third kappa shape index (κ3) is 3.51. The lowest BCUT2D eigenvalue weighted by atomic mass is 10.2. The fourth-order valence-corrected chi connectivity index (χ4v) is 3.44. The summed E-state index contributed by atoms with van der Waals surface area (Å²) in [5, 5.41) is 0. The molecular weight excluding hydrogens is 340 g/mol. The number of benzene rings is 1. The van der Waals surface area contributed by atoms with Crippen molar-refractivity contribution in [2.75, 3.05) is 6.61 Å². The Morgan fingerprint density at radius 1 is 1.17 bits per heavy atom. The molecule has 3 rings (SSSR count). The van der Waals surface area contributed by atoms with E-state index in [-0.39, 0.29) is 23.2 Å². The molecule has 126 valence electrons. The maximum Gasteiger partial charge on any atom is 0.272 e. The SMILES string of the molecule is O=S1(=O)NC(=NCc2cccc(OCC(F)F)n2)c2ccccc21. The molecule has 1 aromatic carbocycles. The van der Waals surface area contributed by atoms with Crippen molar-refractivity contribution in [3.63, 3.8) is 0 Å². The number of hydrogen-bond acceptors (Lipinski definition) is 5. The first-order valence-electron chi connectivity index (χ1n) is 6.99. The van der Waals surface area contributed by atoms with Gasteiger partial charge < -0.3 is 4.74 Å². The van der Waals surface area contributed by atoms with Crippen molar-refractivity contribution < 1.29 is 21.9 Å². The quantitative estimate of drug-likeness (QED) is 0.891. The van der Waals surface area contributed by atoms with E-state index in [4.69, 9.17) is 4.74 Å². The second-order valence-electron chi connectivity index (χ2n) is 4.94. The highest BCUT2D eigenvalue weighted by molar-refractivity contribution is 7.90. The van der Waals surface area contributed by atoms with Crippen LogP contribution in [0.2, 0.25) is 0 Å². The van der Waals surface area contributed by atoms with Gasteiger partial charge in [0.2, 0.25) is 5.88 Å². The molecular formula is C15H13F2N3O3S. The van der Waals surface area contributed by atoms with Gasteiger partial charge in [-0.2, -0.15) is 0 Å². The van der Waals surface area contributed by atoms with Crippen LogP contribution >= 0.6 is 0 Å². The Labute approximate surface area is 137 Å². The van der Waals surface area contributed by atoms with Gasteiger partial charge in [0.25, 0.3) is 16.4 Å². The Kier molecular flexibility index (Phi) is 4.43. The molecule has 2 heterocycles. The summed E-state index contributed by atoms with van der Waals surface area (Å²) < 4.78 is 55.5. The molecule has 1 aliphatic heterocycles. The molecule has 1 aliphatic rings. The first-order chi connectivity index (χ1) is 11.5. The number of aliphatic imine (C=N–C) groups is 1. The van der Waals surface area contributed by atoms with Gasteiger partial charge >= 0.3 is 0 Å². The predicted molar refractivity (Wildman–Crippen MR) is 82.7 cm³/mol. The Morgan fingerprint density at radius 3 is 2.75 bits per heavy atom. The van der Waals surface area contributed by atoms with Gasteiger partial charge in [0.1, 0.15) is 5.84 Å². The van der Waals surface area contributed by atoms with Crippen LogP contribution in [-0.4, -0.2) is 32.3 Å². The summed E-state index contributed by atoms with van der Waals surface area (Å²) in [4.78, 5) is 8.46. The van der Waals surface area contributed by atoms with Gasteiger partial charge in [-0.3, -0.25) is 9.71 Å². The van der Waals surface area contributed by atoms with E-state index in [0.717, 1.165) is 0 Å². The smallest absolute Gasteiger partial charge is 0.272 e. The molecule has 0 spiro atoms. The summed E-state index contributed by atoms with van der Waals surface area (Å²) in [6.07, 6.45) is -2.58. The van der Waals surface area contributed by atoms with Crippen molar-refractivity contribution >= 4 is 15.9 Å². The Hall–Kier alpha value is -2.55. The van der Waals surface area contributed by atoms with E-state index in [1.54, 1.807) is 30.3 Å². The number of aromatic nitrogens is 1. The Bertz CT molecular complexity index is 885. The molecule has 0 saturated heterocycles. The van der Waals surface area contributed by atoms with Crippen LogP contribution in [0.1, 0.15) is 11.3 Å². The van der Waals surface area contributed by atoms with Crippen molar-refractivity contribution in [3.8, 4) is 5.88 Å². The number of halogens is 2. The number of ether oxygens (including phenoxy) is 1.